The summed E-state index contributed by atoms with van der Waals surface area (Å²) in [5.74, 6) is -0.799. The Morgan fingerprint density at radius 1 is 0.839 bits per heavy atom. The summed E-state index contributed by atoms with van der Waals surface area (Å²) in [6, 6.07) is 8.61. The zero-order chi connectivity index (χ0) is 21.8. The van der Waals surface area contributed by atoms with Crippen LogP contribution in [0.5, 0.6) is 0 Å². The van der Waals surface area contributed by atoms with Gasteiger partial charge >= 0.3 is 12.1 Å². The molecular formula is C23H29N3O5. The number of urea groups is 1. The summed E-state index contributed by atoms with van der Waals surface area (Å²) < 4.78 is 5.39. The highest BCUT2D eigenvalue weighted by Crippen LogP contribution is 2.29. The van der Waals surface area contributed by atoms with E-state index in [4.69, 9.17) is 4.74 Å². The van der Waals surface area contributed by atoms with Crippen LogP contribution in [0, 0.1) is 0 Å². The zero-order valence-corrected chi connectivity index (χ0v) is 17.7. The SMILES string of the molecule is O=C(OCc1ccccc1)N1CCC(N2C(=O)CC(=O)N(C3CCCCC3)C2=O)CC1. The lowest BCUT2D eigenvalue weighted by Crippen LogP contribution is -2.62. The number of ether oxygens (including phenoxy) is 1. The largest absolute Gasteiger partial charge is 0.445 e. The van der Waals surface area contributed by atoms with Gasteiger partial charge in [0.25, 0.3) is 0 Å². The standard InChI is InChI=1S/C23H29N3O5/c27-20-15-21(28)26(22(29)25(20)18-9-5-2-6-10-18)19-11-13-24(14-12-19)23(30)31-16-17-7-3-1-4-8-17/h1,3-4,7-8,18-19H,2,5-6,9-16H2. The molecule has 1 aromatic carbocycles. The zero-order valence-electron chi connectivity index (χ0n) is 17.7. The predicted molar refractivity (Wildman–Crippen MR) is 112 cm³/mol. The summed E-state index contributed by atoms with van der Waals surface area (Å²) in [7, 11) is 0. The van der Waals surface area contributed by atoms with Crippen LogP contribution in [0.4, 0.5) is 9.59 Å². The average Bonchev–Trinajstić information content (AvgIpc) is 2.79. The summed E-state index contributed by atoms with van der Waals surface area (Å²) >= 11 is 0. The number of piperidine rings is 1. The molecule has 0 N–H and O–H groups in total. The van der Waals surface area contributed by atoms with Crippen molar-refractivity contribution < 1.29 is 23.9 Å². The number of amides is 5. The molecule has 5 amide bonds. The topological polar surface area (TPSA) is 87.2 Å². The molecule has 1 aromatic rings. The van der Waals surface area contributed by atoms with Gasteiger partial charge in [0.2, 0.25) is 11.8 Å². The minimum Gasteiger partial charge on any atom is -0.445 e. The Morgan fingerprint density at radius 3 is 2.03 bits per heavy atom. The first kappa shape index (κ1) is 21.3. The Hall–Kier alpha value is -2.90. The van der Waals surface area contributed by atoms with Crippen LogP contribution in [0.1, 0.15) is 56.9 Å². The number of benzene rings is 1. The highest BCUT2D eigenvalue weighted by molar-refractivity contribution is 6.14. The van der Waals surface area contributed by atoms with Crippen molar-refractivity contribution in [2.24, 2.45) is 0 Å². The molecule has 0 aromatic heterocycles. The van der Waals surface area contributed by atoms with Gasteiger partial charge < -0.3 is 9.64 Å². The second-order valence-corrected chi connectivity index (χ2v) is 8.54. The van der Waals surface area contributed by atoms with Crippen LogP contribution in [-0.2, 0) is 20.9 Å². The minimum atomic E-state index is -0.474. The Bertz CT molecular complexity index is 829. The number of hydrogen-bond acceptors (Lipinski definition) is 5. The molecule has 0 radical (unpaired) electrons. The van der Waals surface area contributed by atoms with Gasteiger partial charge in [-0.25, -0.2) is 9.59 Å². The van der Waals surface area contributed by atoms with Gasteiger partial charge in [-0.3, -0.25) is 19.4 Å². The Balaban J connectivity index is 1.33. The predicted octanol–water partition coefficient (Wildman–Crippen LogP) is 3.30. The molecule has 0 atom stereocenters. The number of rotatable bonds is 4. The van der Waals surface area contributed by atoms with Crippen molar-refractivity contribution in [1.82, 2.24) is 14.7 Å². The van der Waals surface area contributed by atoms with Gasteiger partial charge in [-0.15, -0.1) is 0 Å². The molecule has 1 saturated carbocycles. The first-order valence-electron chi connectivity index (χ1n) is 11.2. The summed E-state index contributed by atoms with van der Waals surface area (Å²) in [4.78, 5) is 54.8. The number of nitrogens with zero attached hydrogens (tertiary/aromatic N) is 3. The van der Waals surface area contributed by atoms with E-state index in [2.05, 4.69) is 0 Å². The van der Waals surface area contributed by atoms with Crippen molar-refractivity contribution in [3.8, 4) is 0 Å². The maximum absolute atomic E-state index is 13.1. The minimum absolute atomic E-state index is 0.0996. The molecule has 3 fully saturated rings. The molecule has 0 bridgehead atoms. The van der Waals surface area contributed by atoms with Gasteiger partial charge in [0.15, 0.2) is 0 Å². The Labute approximate surface area is 182 Å². The van der Waals surface area contributed by atoms with E-state index >= 15 is 0 Å². The van der Waals surface area contributed by atoms with E-state index < -0.39 is 18.0 Å². The molecule has 0 spiro atoms. The highest BCUT2D eigenvalue weighted by atomic mass is 16.6. The van der Waals surface area contributed by atoms with E-state index in [1.165, 1.54) is 9.80 Å². The molecular weight excluding hydrogens is 398 g/mol. The third-order valence-electron chi connectivity index (χ3n) is 6.48. The van der Waals surface area contributed by atoms with Crippen molar-refractivity contribution >= 4 is 23.9 Å². The van der Waals surface area contributed by atoms with Crippen molar-refractivity contribution in [3.05, 3.63) is 35.9 Å². The first-order chi connectivity index (χ1) is 15.0. The van der Waals surface area contributed by atoms with E-state index in [9.17, 15) is 19.2 Å². The third kappa shape index (κ3) is 4.73. The van der Waals surface area contributed by atoms with E-state index in [-0.39, 0.29) is 31.0 Å². The van der Waals surface area contributed by atoms with E-state index in [0.717, 1.165) is 37.7 Å². The molecule has 2 heterocycles. The maximum atomic E-state index is 13.1. The number of carbonyl (C=O) groups is 4. The van der Waals surface area contributed by atoms with E-state index in [1.54, 1.807) is 4.90 Å². The average molecular weight is 428 g/mol. The summed E-state index contributed by atoms with van der Waals surface area (Å²) in [6.07, 6.45) is 5.08. The van der Waals surface area contributed by atoms with Gasteiger partial charge in [-0.2, -0.15) is 0 Å². The molecule has 0 unspecified atom stereocenters. The number of carbonyl (C=O) groups excluding carboxylic acids is 4. The van der Waals surface area contributed by atoms with E-state index in [0.29, 0.717) is 25.9 Å². The second-order valence-electron chi connectivity index (χ2n) is 8.54. The maximum Gasteiger partial charge on any atom is 0.410 e. The number of imide groups is 2. The van der Waals surface area contributed by atoms with Crippen LogP contribution in [0.3, 0.4) is 0 Å². The number of barbiturate groups is 1. The normalized spacial score (nSPS) is 21.5. The van der Waals surface area contributed by atoms with Crippen molar-refractivity contribution in [3.63, 3.8) is 0 Å². The highest BCUT2D eigenvalue weighted by Gasteiger charge is 2.45. The summed E-state index contributed by atoms with van der Waals surface area (Å²) in [5.41, 5.74) is 0.919. The van der Waals surface area contributed by atoms with Crippen LogP contribution in [0.25, 0.3) is 0 Å². The van der Waals surface area contributed by atoms with Crippen LogP contribution in [0.15, 0.2) is 30.3 Å². The number of hydrogen-bond donors (Lipinski definition) is 0. The third-order valence-corrected chi connectivity index (χ3v) is 6.48. The second kappa shape index (κ2) is 9.49. The monoisotopic (exact) mass is 427 g/mol. The van der Waals surface area contributed by atoms with Gasteiger partial charge in [-0.1, -0.05) is 49.6 Å². The molecule has 2 aliphatic heterocycles. The lowest BCUT2D eigenvalue weighted by molar-refractivity contribution is -0.146. The first-order valence-corrected chi connectivity index (χ1v) is 11.2. The fraction of sp³-hybridized carbons (Fsp3) is 0.565. The van der Waals surface area contributed by atoms with Gasteiger partial charge in [0, 0.05) is 25.2 Å². The molecule has 8 heteroatoms. The van der Waals surface area contributed by atoms with Crippen LogP contribution in [-0.4, -0.2) is 63.8 Å². The van der Waals surface area contributed by atoms with E-state index in [1.807, 2.05) is 30.3 Å². The van der Waals surface area contributed by atoms with Crippen molar-refractivity contribution in [2.75, 3.05) is 13.1 Å². The molecule has 8 nitrogen and oxygen atoms in total. The molecule has 3 aliphatic rings. The quantitative estimate of drug-likeness (QED) is 0.688. The van der Waals surface area contributed by atoms with Gasteiger partial charge in [0.05, 0.1) is 0 Å². The molecule has 31 heavy (non-hydrogen) atoms. The van der Waals surface area contributed by atoms with Crippen molar-refractivity contribution in [2.45, 2.75) is 70.1 Å². The Morgan fingerprint density at radius 2 is 1.42 bits per heavy atom. The summed E-state index contributed by atoms with van der Waals surface area (Å²) in [6.45, 7) is 1.03. The fourth-order valence-electron chi connectivity index (χ4n) is 4.81. The smallest absolute Gasteiger partial charge is 0.410 e. The van der Waals surface area contributed by atoms with Gasteiger partial charge in [-0.05, 0) is 31.2 Å². The fourth-order valence-corrected chi connectivity index (χ4v) is 4.81. The Kier molecular flexibility index (Phi) is 6.53. The van der Waals surface area contributed by atoms with Crippen LogP contribution in [0.2, 0.25) is 0 Å². The molecule has 2 saturated heterocycles. The summed E-state index contributed by atoms with van der Waals surface area (Å²) in [5, 5.41) is 0. The number of likely N-dealkylation sites (tertiary alicyclic amines) is 1. The van der Waals surface area contributed by atoms with Crippen LogP contribution < -0.4 is 0 Å². The van der Waals surface area contributed by atoms with Crippen molar-refractivity contribution in [1.29, 1.82) is 0 Å². The lowest BCUT2D eigenvalue weighted by Gasteiger charge is -2.43. The molecule has 166 valence electrons. The molecule has 1 aliphatic carbocycles. The lowest BCUT2D eigenvalue weighted by atomic mass is 9.93. The van der Waals surface area contributed by atoms with Gasteiger partial charge in [0.1, 0.15) is 13.0 Å². The molecule has 4 rings (SSSR count). The van der Waals surface area contributed by atoms with Crippen LogP contribution >= 0.6 is 0 Å².